The third-order valence-corrected chi connectivity index (χ3v) is 6.35. The van der Waals surface area contributed by atoms with Crippen molar-refractivity contribution in [3.63, 3.8) is 0 Å². The van der Waals surface area contributed by atoms with Crippen molar-refractivity contribution in [2.45, 2.75) is 37.8 Å². The number of halogens is 2. The van der Waals surface area contributed by atoms with E-state index < -0.39 is 5.82 Å². The van der Waals surface area contributed by atoms with Gasteiger partial charge < -0.3 is 10.1 Å². The number of nitrogens with zero attached hydrogens (tertiary/aromatic N) is 5. The van der Waals surface area contributed by atoms with Gasteiger partial charge in [-0.25, -0.2) is 9.37 Å². The molecular formula is C21H24ClFN6O. The van der Waals surface area contributed by atoms with E-state index in [0.717, 1.165) is 52.0 Å². The quantitative estimate of drug-likeness (QED) is 0.681. The largest absolute Gasteiger partial charge is 0.379 e. The maximum absolute atomic E-state index is 14.5. The summed E-state index contributed by atoms with van der Waals surface area (Å²) in [5.41, 5.74) is 0.811. The van der Waals surface area contributed by atoms with Crippen LogP contribution in [0.4, 0.5) is 10.3 Å². The Hall–Kier alpha value is -2.29. The molecule has 9 heteroatoms. The van der Waals surface area contributed by atoms with Crippen molar-refractivity contribution in [2.24, 2.45) is 0 Å². The van der Waals surface area contributed by atoms with E-state index in [0.29, 0.717) is 17.6 Å². The highest BCUT2D eigenvalue weighted by Gasteiger charge is 2.28. The lowest BCUT2D eigenvalue weighted by Crippen LogP contribution is -2.46. The van der Waals surface area contributed by atoms with Crippen LogP contribution in [0.15, 0.2) is 30.5 Å². The molecule has 0 radical (unpaired) electrons. The summed E-state index contributed by atoms with van der Waals surface area (Å²) in [6, 6.07) is 7.27. The Balaban J connectivity index is 1.36. The van der Waals surface area contributed by atoms with Gasteiger partial charge in [0.25, 0.3) is 0 Å². The molecule has 1 aliphatic heterocycles. The van der Waals surface area contributed by atoms with Gasteiger partial charge in [0.1, 0.15) is 5.82 Å². The normalized spacial score (nSPS) is 23.0. The smallest absolute Gasteiger partial charge is 0.228 e. The molecule has 0 bridgehead atoms. The fourth-order valence-corrected chi connectivity index (χ4v) is 4.70. The molecule has 0 amide bonds. The SMILES string of the molecule is Fc1cccc(Cl)c1-c1nc(NC2CCC(N3CCOCC3)CC2)n2nccc2n1. The van der Waals surface area contributed by atoms with Crippen LogP contribution in [0, 0.1) is 5.82 Å². The first-order chi connectivity index (χ1) is 14.7. The Morgan fingerprint density at radius 3 is 2.63 bits per heavy atom. The number of rotatable bonds is 4. The van der Waals surface area contributed by atoms with E-state index >= 15 is 0 Å². The molecule has 1 aromatic carbocycles. The van der Waals surface area contributed by atoms with Crippen molar-refractivity contribution in [2.75, 3.05) is 31.6 Å². The number of aromatic nitrogens is 4. The van der Waals surface area contributed by atoms with Crippen LogP contribution in [0.3, 0.4) is 0 Å². The highest BCUT2D eigenvalue weighted by molar-refractivity contribution is 6.33. The maximum atomic E-state index is 14.5. The zero-order chi connectivity index (χ0) is 20.5. The van der Waals surface area contributed by atoms with E-state index in [-0.39, 0.29) is 22.5 Å². The molecule has 30 heavy (non-hydrogen) atoms. The Morgan fingerprint density at radius 2 is 1.87 bits per heavy atom. The van der Waals surface area contributed by atoms with Gasteiger partial charge in [-0.05, 0) is 37.8 Å². The fraction of sp³-hybridized carbons (Fsp3) is 0.476. The molecule has 1 saturated carbocycles. The van der Waals surface area contributed by atoms with Gasteiger partial charge in [-0.3, -0.25) is 4.90 Å². The molecule has 158 valence electrons. The molecule has 1 saturated heterocycles. The van der Waals surface area contributed by atoms with Crippen LogP contribution in [-0.2, 0) is 4.74 Å². The van der Waals surface area contributed by atoms with E-state index in [1.807, 2.05) is 0 Å². The summed E-state index contributed by atoms with van der Waals surface area (Å²) in [5, 5.41) is 8.14. The summed E-state index contributed by atoms with van der Waals surface area (Å²) in [6.45, 7) is 3.71. The molecular weight excluding hydrogens is 407 g/mol. The van der Waals surface area contributed by atoms with Crippen LogP contribution in [-0.4, -0.2) is 62.9 Å². The summed E-state index contributed by atoms with van der Waals surface area (Å²) < 4.78 is 21.6. The number of benzene rings is 1. The van der Waals surface area contributed by atoms with Crippen molar-refractivity contribution >= 4 is 23.2 Å². The van der Waals surface area contributed by atoms with Gasteiger partial charge in [-0.1, -0.05) is 17.7 Å². The second-order valence-corrected chi connectivity index (χ2v) is 8.27. The minimum absolute atomic E-state index is 0.210. The molecule has 2 fully saturated rings. The molecule has 3 aromatic rings. The van der Waals surface area contributed by atoms with Crippen molar-refractivity contribution < 1.29 is 9.13 Å². The molecule has 7 nitrogen and oxygen atoms in total. The van der Waals surface area contributed by atoms with Crippen LogP contribution >= 0.6 is 11.6 Å². The van der Waals surface area contributed by atoms with Crippen LogP contribution in [0.25, 0.3) is 17.0 Å². The first kappa shape index (κ1) is 19.7. The van der Waals surface area contributed by atoms with Crippen LogP contribution in [0.5, 0.6) is 0 Å². The number of morpholine rings is 1. The lowest BCUT2D eigenvalue weighted by atomic mass is 9.90. The van der Waals surface area contributed by atoms with Crippen molar-refractivity contribution in [3.8, 4) is 11.4 Å². The van der Waals surface area contributed by atoms with E-state index in [1.165, 1.54) is 6.07 Å². The summed E-state index contributed by atoms with van der Waals surface area (Å²) in [5.74, 6) is 0.382. The van der Waals surface area contributed by atoms with Gasteiger partial charge >= 0.3 is 0 Å². The van der Waals surface area contributed by atoms with Crippen LogP contribution in [0.2, 0.25) is 5.02 Å². The first-order valence-corrected chi connectivity index (χ1v) is 10.8. The molecule has 3 heterocycles. The molecule has 0 unspecified atom stereocenters. The van der Waals surface area contributed by atoms with Crippen LogP contribution < -0.4 is 5.32 Å². The highest BCUT2D eigenvalue weighted by atomic mass is 35.5. The summed E-state index contributed by atoms with van der Waals surface area (Å²) in [4.78, 5) is 11.6. The number of hydrogen-bond acceptors (Lipinski definition) is 6. The average Bonchev–Trinajstić information content (AvgIpc) is 3.24. The Kier molecular flexibility index (Phi) is 5.54. The minimum Gasteiger partial charge on any atom is -0.379 e. The van der Waals surface area contributed by atoms with E-state index in [1.54, 1.807) is 28.9 Å². The number of fused-ring (bicyclic) bond motifs is 1. The van der Waals surface area contributed by atoms with Crippen molar-refractivity contribution in [1.29, 1.82) is 0 Å². The van der Waals surface area contributed by atoms with Crippen molar-refractivity contribution in [1.82, 2.24) is 24.5 Å². The Bertz CT molecular complexity index is 1010. The van der Waals surface area contributed by atoms with Gasteiger partial charge in [0.2, 0.25) is 5.95 Å². The number of hydrogen-bond donors (Lipinski definition) is 1. The lowest BCUT2D eigenvalue weighted by Gasteiger charge is -2.38. The van der Waals surface area contributed by atoms with Crippen molar-refractivity contribution in [3.05, 3.63) is 41.3 Å². The van der Waals surface area contributed by atoms with Gasteiger partial charge in [-0.2, -0.15) is 14.6 Å². The number of nitrogens with one attached hydrogen (secondary N) is 1. The van der Waals surface area contributed by atoms with Gasteiger partial charge in [0.15, 0.2) is 11.5 Å². The van der Waals surface area contributed by atoms with E-state index in [9.17, 15) is 4.39 Å². The Labute approximate surface area is 179 Å². The molecule has 0 spiro atoms. The zero-order valence-corrected chi connectivity index (χ0v) is 17.4. The lowest BCUT2D eigenvalue weighted by molar-refractivity contribution is 0.00789. The first-order valence-electron chi connectivity index (χ1n) is 10.4. The van der Waals surface area contributed by atoms with Gasteiger partial charge in [0.05, 0.1) is 30.0 Å². The maximum Gasteiger partial charge on any atom is 0.228 e. The second kappa shape index (κ2) is 8.45. The van der Waals surface area contributed by atoms with E-state index in [4.69, 9.17) is 16.3 Å². The number of anilines is 1. The molecule has 2 aliphatic rings. The summed E-state index contributed by atoms with van der Waals surface area (Å²) in [6.07, 6.45) is 6.03. The highest BCUT2D eigenvalue weighted by Crippen LogP contribution is 2.30. The topological polar surface area (TPSA) is 67.6 Å². The van der Waals surface area contributed by atoms with E-state index in [2.05, 4.69) is 25.3 Å². The average molecular weight is 431 g/mol. The fourth-order valence-electron chi connectivity index (χ4n) is 4.45. The summed E-state index contributed by atoms with van der Waals surface area (Å²) in [7, 11) is 0. The zero-order valence-electron chi connectivity index (χ0n) is 16.6. The monoisotopic (exact) mass is 430 g/mol. The minimum atomic E-state index is -0.441. The molecule has 1 aliphatic carbocycles. The second-order valence-electron chi connectivity index (χ2n) is 7.87. The van der Waals surface area contributed by atoms with Gasteiger partial charge in [-0.15, -0.1) is 0 Å². The molecule has 5 rings (SSSR count). The van der Waals surface area contributed by atoms with Gasteiger partial charge in [0, 0.05) is 31.2 Å². The Morgan fingerprint density at radius 1 is 1.07 bits per heavy atom. The molecule has 0 atom stereocenters. The third kappa shape index (κ3) is 3.87. The molecule has 1 N–H and O–H groups in total. The van der Waals surface area contributed by atoms with Crippen LogP contribution in [0.1, 0.15) is 25.7 Å². The predicted molar refractivity (Wildman–Crippen MR) is 113 cm³/mol. The number of ether oxygens (including phenoxy) is 1. The standard InChI is InChI=1S/C21H24ClFN6O/c22-16-2-1-3-17(23)19(16)20-26-18-8-9-24-29(18)21(27-20)25-14-4-6-15(7-5-14)28-10-12-30-13-11-28/h1-3,8-9,14-15H,4-7,10-13H2,(H,25,26,27). The summed E-state index contributed by atoms with van der Waals surface area (Å²) >= 11 is 6.25. The molecule has 2 aromatic heterocycles. The predicted octanol–water partition coefficient (Wildman–Crippen LogP) is 3.64. The third-order valence-electron chi connectivity index (χ3n) is 6.03.